The van der Waals surface area contributed by atoms with E-state index in [0.29, 0.717) is 36.0 Å². The van der Waals surface area contributed by atoms with Crippen LogP contribution in [0.15, 0.2) is 24.3 Å². The zero-order valence-electron chi connectivity index (χ0n) is 19.6. The fourth-order valence-corrected chi connectivity index (χ4v) is 3.80. The minimum atomic E-state index is -0.279. The van der Waals surface area contributed by atoms with E-state index in [1.165, 1.54) is 21.1 Å². The molecule has 172 valence electrons. The molecule has 9 nitrogen and oxygen atoms in total. The van der Waals surface area contributed by atoms with Gasteiger partial charge in [-0.3, -0.25) is 9.59 Å². The van der Waals surface area contributed by atoms with Gasteiger partial charge >= 0.3 is 0 Å². The lowest BCUT2D eigenvalue weighted by Gasteiger charge is -2.26. The Morgan fingerprint density at radius 2 is 1.78 bits per heavy atom. The Hall–Kier alpha value is -3.36. The number of hydrogen-bond acceptors (Lipinski definition) is 7. The molecule has 2 amide bonds. The molecule has 1 fully saturated rings. The van der Waals surface area contributed by atoms with Crippen LogP contribution in [0.25, 0.3) is 0 Å². The third-order valence-corrected chi connectivity index (χ3v) is 5.63. The van der Waals surface area contributed by atoms with E-state index in [2.05, 4.69) is 0 Å². The Bertz CT molecular complexity index is 972. The van der Waals surface area contributed by atoms with Gasteiger partial charge in [0.15, 0.2) is 5.82 Å². The third kappa shape index (κ3) is 4.76. The fourth-order valence-electron chi connectivity index (χ4n) is 3.80. The maximum atomic E-state index is 13.6. The molecule has 0 N–H and O–H groups in total. The zero-order chi connectivity index (χ0) is 23.4. The van der Waals surface area contributed by atoms with E-state index in [0.717, 1.165) is 24.4 Å². The van der Waals surface area contributed by atoms with Crippen molar-refractivity contribution in [3.63, 3.8) is 0 Å². The van der Waals surface area contributed by atoms with Gasteiger partial charge in [-0.2, -0.15) is 0 Å². The number of ether oxygens (including phenoxy) is 2. The second-order valence-corrected chi connectivity index (χ2v) is 8.04. The van der Waals surface area contributed by atoms with E-state index in [4.69, 9.17) is 19.4 Å². The van der Waals surface area contributed by atoms with Crippen molar-refractivity contribution in [1.29, 1.82) is 0 Å². The average molecular weight is 442 g/mol. The summed E-state index contributed by atoms with van der Waals surface area (Å²) in [5.41, 5.74) is 1.12. The minimum absolute atomic E-state index is 0.0440. The van der Waals surface area contributed by atoms with Gasteiger partial charge in [0.2, 0.25) is 5.91 Å². The minimum Gasteiger partial charge on any atom is -0.496 e. The summed E-state index contributed by atoms with van der Waals surface area (Å²) in [5, 5.41) is 0. The predicted molar refractivity (Wildman–Crippen MR) is 121 cm³/mol. The monoisotopic (exact) mass is 441 g/mol. The number of carbonyl (C=O) groups excluding carboxylic acids is 2. The lowest BCUT2D eigenvalue weighted by atomic mass is 10.1. The zero-order valence-corrected chi connectivity index (χ0v) is 19.6. The molecule has 9 heteroatoms. The highest BCUT2D eigenvalue weighted by atomic mass is 16.5. The molecule has 32 heavy (non-hydrogen) atoms. The maximum Gasteiger partial charge on any atom is 0.262 e. The van der Waals surface area contributed by atoms with Crippen LogP contribution in [0.2, 0.25) is 0 Å². The van der Waals surface area contributed by atoms with Crippen molar-refractivity contribution in [1.82, 2.24) is 19.8 Å². The molecule has 2 aromatic rings. The molecule has 1 aromatic carbocycles. The van der Waals surface area contributed by atoms with E-state index in [9.17, 15) is 9.59 Å². The van der Waals surface area contributed by atoms with Crippen LogP contribution in [-0.4, -0.2) is 73.5 Å². The molecule has 1 atom stereocenters. The van der Waals surface area contributed by atoms with Gasteiger partial charge in [0, 0.05) is 40.7 Å². The van der Waals surface area contributed by atoms with Crippen LogP contribution in [0, 0.1) is 0 Å². The molecular formula is C23H31N5O4. The molecule has 0 saturated carbocycles. The van der Waals surface area contributed by atoms with Gasteiger partial charge in [-0.25, -0.2) is 9.97 Å². The van der Waals surface area contributed by atoms with Crippen molar-refractivity contribution in [3.8, 4) is 11.5 Å². The standard InChI is InChI=1S/C23H31N5O4/c1-15(29)27(4)14-16-13-20(26(2)3)25-22(24-16)17-9-8-12-28(17)23(30)21-18(31-5)10-7-11-19(21)32-6/h7,10-11,13,17H,8-9,12,14H2,1-6H3. The van der Waals surface area contributed by atoms with Crippen LogP contribution in [0.4, 0.5) is 5.82 Å². The van der Waals surface area contributed by atoms with Crippen LogP contribution in [0.1, 0.15) is 47.7 Å². The quantitative estimate of drug-likeness (QED) is 0.652. The van der Waals surface area contributed by atoms with Gasteiger partial charge in [0.25, 0.3) is 5.91 Å². The van der Waals surface area contributed by atoms with Gasteiger partial charge < -0.3 is 24.2 Å². The van der Waals surface area contributed by atoms with E-state index in [1.807, 2.05) is 25.1 Å². The van der Waals surface area contributed by atoms with E-state index in [-0.39, 0.29) is 17.9 Å². The summed E-state index contributed by atoms with van der Waals surface area (Å²) >= 11 is 0. The smallest absolute Gasteiger partial charge is 0.262 e. The van der Waals surface area contributed by atoms with Crippen LogP contribution >= 0.6 is 0 Å². The number of carbonyl (C=O) groups is 2. The van der Waals surface area contributed by atoms with E-state index >= 15 is 0 Å². The highest BCUT2D eigenvalue weighted by Gasteiger charge is 2.35. The third-order valence-electron chi connectivity index (χ3n) is 5.63. The van der Waals surface area contributed by atoms with Crippen LogP contribution in [0.5, 0.6) is 11.5 Å². The van der Waals surface area contributed by atoms with Crippen molar-refractivity contribution in [2.45, 2.75) is 32.4 Å². The second kappa shape index (κ2) is 9.84. The Morgan fingerprint density at radius 1 is 1.12 bits per heavy atom. The number of rotatable bonds is 7. The fraction of sp³-hybridized carbons (Fsp3) is 0.478. The van der Waals surface area contributed by atoms with E-state index in [1.54, 1.807) is 35.0 Å². The molecule has 0 bridgehead atoms. The number of methoxy groups -OCH3 is 2. The van der Waals surface area contributed by atoms with Gasteiger partial charge in [0.05, 0.1) is 32.5 Å². The Labute approximate surface area is 188 Å². The number of likely N-dealkylation sites (tertiary alicyclic amines) is 1. The van der Waals surface area contributed by atoms with Gasteiger partial charge in [-0.15, -0.1) is 0 Å². The SMILES string of the molecule is COc1cccc(OC)c1C(=O)N1CCCC1c1nc(CN(C)C(C)=O)cc(N(C)C)n1. The first kappa shape index (κ1) is 23.3. The second-order valence-electron chi connectivity index (χ2n) is 8.04. The molecule has 2 heterocycles. The van der Waals surface area contributed by atoms with Gasteiger partial charge in [-0.05, 0) is 25.0 Å². The topological polar surface area (TPSA) is 88.1 Å². The number of amides is 2. The first-order chi connectivity index (χ1) is 15.3. The molecule has 0 radical (unpaired) electrons. The summed E-state index contributed by atoms with van der Waals surface area (Å²) in [5.74, 6) is 2.01. The first-order valence-electron chi connectivity index (χ1n) is 10.6. The van der Waals surface area contributed by atoms with Crippen LogP contribution in [-0.2, 0) is 11.3 Å². The summed E-state index contributed by atoms with van der Waals surface area (Å²) in [7, 11) is 8.62. The van der Waals surface area contributed by atoms with Crippen molar-refractivity contribution in [2.75, 3.05) is 46.8 Å². The predicted octanol–water partition coefficient (Wildman–Crippen LogP) is 2.52. The molecule has 1 aliphatic heterocycles. The van der Waals surface area contributed by atoms with Crippen molar-refractivity contribution < 1.29 is 19.1 Å². The van der Waals surface area contributed by atoms with Crippen molar-refractivity contribution in [3.05, 3.63) is 41.3 Å². The van der Waals surface area contributed by atoms with Gasteiger partial charge in [0.1, 0.15) is 22.9 Å². The summed E-state index contributed by atoms with van der Waals surface area (Å²) in [4.78, 5) is 40.1. The number of aromatic nitrogens is 2. The summed E-state index contributed by atoms with van der Waals surface area (Å²) in [6, 6.07) is 6.88. The molecular weight excluding hydrogens is 410 g/mol. The molecule has 1 aliphatic rings. The first-order valence-corrected chi connectivity index (χ1v) is 10.6. The number of benzene rings is 1. The molecule has 0 spiro atoms. The van der Waals surface area contributed by atoms with Crippen LogP contribution < -0.4 is 14.4 Å². The number of anilines is 1. The lowest BCUT2D eigenvalue weighted by molar-refractivity contribution is -0.128. The molecule has 1 unspecified atom stereocenters. The average Bonchev–Trinajstić information content (AvgIpc) is 3.27. The summed E-state index contributed by atoms with van der Waals surface area (Å²) in [6.45, 7) is 2.47. The molecule has 0 aliphatic carbocycles. The normalized spacial score (nSPS) is 15.4. The van der Waals surface area contributed by atoms with Gasteiger partial charge in [-0.1, -0.05) is 6.07 Å². The summed E-state index contributed by atoms with van der Waals surface area (Å²) in [6.07, 6.45) is 1.59. The lowest BCUT2D eigenvalue weighted by Crippen LogP contribution is -2.33. The molecule has 1 aromatic heterocycles. The van der Waals surface area contributed by atoms with Crippen molar-refractivity contribution in [2.24, 2.45) is 0 Å². The maximum absolute atomic E-state index is 13.6. The highest BCUT2D eigenvalue weighted by molar-refractivity contribution is 6.00. The number of hydrogen-bond donors (Lipinski definition) is 0. The largest absolute Gasteiger partial charge is 0.496 e. The highest BCUT2D eigenvalue weighted by Crippen LogP contribution is 2.36. The Morgan fingerprint density at radius 3 is 2.34 bits per heavy atom. The van der Waals surface area contributed by atoms with Crippen molar-refractivity contribution >= 4 is 17.6 Å². The van der Waals surface area contributed by atoms with Crippen LogP contribution in [0.3, 0.4) is 0 Å². The Kier molecular flexibility index (Phi) is 7.17. The van der Waals surface area contributed by atoms with E-state index < -0.39 is 0 Å². The molecule has 1 saturated heterocycles. The number of nitrogens with zero attached hydrogens (tertiary/aromatic N) is 5. The molecule has 3 rings (SSSR count). The summed E-state index contributed by atoms with van der Waals surface area (Å²) < 4.78 is 10.9. The Balaban J connectivity index is 2.00.